The number of likely N-dealkylation sites (N-methyl/N-ethyl adjacent to an activating group) is 1. The maximum Gasteiger partial charge on any atom is 0.315 e. The Labute approximate surface area is 132 Å². The van der Waals surface area contributed by atoms with Gasteiger partial charge in [0.1, 0.15) is 0 Å². The molecule has 1 aromatic rings. The summed E-state index contributed by atoms with van der Waals surface area (Å²) in [5, 5.41) is 5.97. The molecule has 0 saturated carbocycles. The molecular formula is C15H26N6O. The minimum atomic E-state index is -0.0805. The zero-order chi connectivity index (χ0) is 15.9. The van der Waals surface area contributed by atoms with Gasteiger partial charge in [-0.25, -0.2) is 14.8 Å². The molecule has 22 heavy (non-hydrogen) atoms. The molecule has 2 rings (SSSR count). The third-order valence-electron chi connectivity index (χ3n) is 4.10. The summed E-state index contributed by atoms with van der Waals surface area (Å²) in [6.07, 6.45) is 5.34. The molecule has 7 nitrogen and oxygen atoms in total. The molecule has 0 aromatic carbocycles. The number of hydrogen-bond donors (Lipinski definition) is 2. The highest BCUT2D eigenvalue weighted by Crippen LogP contribution is 2.15. The average molecular weight is 306 g/mol. The largest absolute Gasteiger partial charge is 0.341 e. The molecule has 2 amide bonds. The number of aromatic nitrogens is 2. The SMILES string of the molecule is CC(CNC(=O)NC1CCN(c2ncccn2)CC1)N(C)C. The molecule has 2 N–H and O–H groups in total. The Balaban J connectivity index is 1.70. The van der Waals surface area contributed by atoms with Crippen molar-refractivity contribution in [1.82, 2.24) is 25.5 Å². The van der Waals surface area contributed by atoms with Gasteiger partial charge in [-0.1, -0.05) is 0 Å². The summed E-state index contributed by atoms with van der Waals surface area (Å²) in [6, 6.07) is 2.28. The van der Waals surface area contributed by atoms with Gasteiger partial charge in [-0.3, -0.25) is 0 Å². The highest BCUT2D eigenvalue weighted by atomic mass is 16.2. The second-order valence-electron chi connectivity index (χ2n) is 5.98. The van der Waals surface area contributed by atoms with Crippen molar-refractivity contribution in [3.05, 3.63) is 18.5 Å². The number of carbonyl (C=O) groups is 1. The Kier molecular flexibility index (Phi) is 5.94. The number of amides is 2. The number of rotatable bonds is 5. The van der Waals surface area contributed by atoms with Crippen LogP contribution in [0.4, 0.5) is 10.7 Å². The molecule has 1 aliphatic rings. The van der Waals surface area contributed by atoms with Gasteiger partial charge in [0.2, 0.25) is 5.95 Å². The van der Waals surface area contributed by atoms with E-state index in [0.717, 1.165) is 31.9 Å². The van der Waals surface area contributed by atoms with E-state index < -0.39 is 0 Å². The summed E-state index contributed by atoms with van der Waals surface area (Å²) >= 11 is 0. The van der Waals surface area contributed by atoms with Crippen LogP contribution in [-0.2, 0) is 0 Å². The highest BCUT2D eigenvalue weighted by Gasteiger charge is 2.22. The van der Waals surface area contributed by atoms with Gasteiger partial charge in [0.25, 0.3) is 0 Å². The predicted octanol–water partition coefficient (Wildman–Crippen LogP) is 0.695. The molecule has 1 unspecified atom stereocenters. The van der Waals surface area contributed by atoms with Crippen LogP contribution in [0.5, 0.6) is 0 Å². The number of hydrogen-bond acceptors (Lipinski definition) is 5. The quantitative estimate of drug-likeness (QED) is 0.837. The third-order valence-corrected chi connectivity index (χ3v) is 4.10. The van der Waals surface area contributed by atoms with Gasteiger partial charge in [-0.05, 0) is 39.9 Å². The Morgan fingerprint density at radius 1 is 1.36 bits per heavy atom. The van der Waals surface area contributed by atoms with Gasteiger partial charge in [0, 0.05) is 44.1 Å². The minimum Gasteiger partial charge on any atom is -0.341 e. The highest BCUT2D eigenvalue weighted by molar-refractivity contribution is 5.74. The van der Waals surface area contributed by atoms with Crippen molar-refractivity contribution < 1.29 is 4.79 Å². The molecule has 7 heteroatoms. The lowest BCUT2D eigenvalue weighted by Gasteiger charge is -2.32. The maximum atomic E-state index is 11.9. The van der Waals surface area contributed by atoms with Crippen LogP contribution in [0, 0.1) is 0 Å². The van der Waals surface area contributed by atoms with Gasteiger partial charge >= 0.3 is 6.03 Å². The van der Waals surface area contributed by atoms with Crippen LogP contribution in [0.25, 0.3) is 0 Å². The van der Waals surface area contributed by atoms with Crippen molar-refractivity contribution in [2.45, 2.75) is 31.8 Å². The van der Waals surface area contributed by atoms with Crippen molar-refractivity contribution in [1.29, 1.82) is 0 Å². The van der Waals surface area contributed by atoms with E-state index in [1.165, 1.54) is 0 Å². The molecule has 1 saturated heterocycles. The molecule has 1 fully saturated rings. The number of carbonyl (C=O) groups excluding carboxylic acids is 1. The number of piperidine rings is 1. The van der Waals surface area contributed by atoms with Gasteiger partial charge < -0.3 is 20.4 Å². The van der Waals surface area contributed by atoms with E-state index in [-0.39, 0.29) is 12.1 Å². The lowest BCUT2D eigenvalue weighted by Crippen LogP contribution is -2.50. The number of nitrogens with one attached hydrogen (secondary N) is 2. The molecule has 1 atom stereocenters. The Morgan fingerprint density at radius 3 is 2.59 bits per heavy atom. The van der Waals surface area contributed by atoms with Gasteiger partial charge in [0.15, 0.2) is 0 Å². The Hall–Kier alpha value is -1.89. The van der Waals surface area contributed by atoms with Crippen molar-refractivity contribution in [3.8, 4) is 0 Å². The summed E-state index contributed by atoms with van der Waals surface area (Å²) in [5.41, 5.74) is 0. The first-order valence-corrected chi connectivity index (χ1v) is 7.79. The van der Waals surface area contributed by atoms with Crippen molar-refractivity contribution in [2.24, 2.45) is 0 Å². The number of nitrogens with zero attached hydrogens (tertiary/aromatic N) is 4. The standard InChI is InChI=1S/C15H26N6O/c1-12(20(2)3)11-18-15(22)19-13-5-9-21(10-6-13)14-16-7-4-8-17-14/h4,7-8,12-13H,5-6,9-11H2,1-3H3,(H2,18,19,22). The molecule has 1 aromatic heterocycles. The van der Waals surface area contributed by atoms with Gasteiger partial charge in [0.05, 0.1) is 0 Å². The van der Waals surface area contributed by atoms with E-state index in [4.69, 9.17) is 0 Å². The second kappa shape index (κ2) is 7.93. The van der Waals surface area contributed by atoms with Gasteiger partial charge in [-0.15, -0.1) is 0 Å². The van der Waals surface area contributed by atoms with Gasteiger partial charge in [-0.2, -0.15) is 0 Å². The first-order chi connectivity index (χ1) is 10.6. The minimum absolute atomic E-state index is 0.0805. The fourth-order valence-corrected chi connectivity index (χ4v) is 2.34. The van der Waals surface area contributed by atoms with Crippen LogP contribution >= 0.6 is 0 Å². The molecular weight excluding hydrogens is 280 g/mol. The lowest BCUT2D eigenvalue weighted by molar-refractivity contribution is 0.228. The molecule has 1 aliphatic heterocycles. The fraction of sp³-hybridized carbons (Fsp3) is 0.667. The topological polar surface area (TPSA) is 73.4 Å². The molecule has 0 spiro atoms. The summed E-state index contributed by atoms with van der Waals surface area (Å²) in [4.78, 5) is 24.7. The van der Waals surface area contributed by atoms with E-state index >= 15 is 0 Å². The Bertz CT molecular complexity index is 458. The molecule has 0 bridgehead atoms. The molecule has 0 radical (unpaired) electrons. The van der Waals surface area contributed by atoms with Crippen LogP contribution in [0.3, 0.4) is 0 Å². The number of anilines is 1. The monoisotopic (exact) mass is 306 g/mol. The van der Waals surface area contributed by atoms with Crippen LogP contribution in [0.1, 0.15) is 19.8 Å². The predicted molar refractivity (Wildman–Crippen MR) is 87.0 cm³/mol. The van der Waals surface area contributed by atoms with E-state index in [9.17, 15) is 4.79 Å². The van der Waals surface area contributed by atoms with E-state index in [0.29, 0.717) is 12.6 Å². The van der Waals surface area contributed by atoms with Crippen molar-refractivity contribution in [3.63, 3.8) is 0 Å². The first kappa shape index (κ1) is 16.5. The van der Waals surface area contributed by atoms with Crippen LogP contribution in [0.15, 0.2) is 18.5 Å². The second-order valence-corrected chi connectivity index (χ2v) is 5.98. The van der Waals surface area contributed by atoms with Crippen LogP contribution < -0.4 is 15.5 Å². The lowest BCUT2D eigenvalue weighted by atomic mass is 10.1. The van der Waals surface area contributed by atoms with E-state index in [2.05, 4.69) is 37.3 Å². The van der Waals surface area contributed by atoms with Crippen LogP contribution in [-0.4, -0.2) is 66.7 Å². The first-order valence-electron chi connectivity index (χ1n) is 7.79. The number of urea groups is 1. The fourth-order valence-electron chi connectivity index (χ4n) is 2.34. The Morgan fingerprint density at radius 2 is 2.00 bits per heavy atom. The third kappa shape index (κ3) is 4.84. The van der Waals surface area contributed by atoms with Crippen LogP contribution in [0.2, 0.25) is 0 Å². The molecule has 0 aliphatic carbocycles. The van der Waals surface area contributed by atoms with Crippen molar-refractivity contribution in [2.75, 3.05) is 38.6 Å². The van der Waals surface area contributed by atoms with E-state index in [1.54, 1.807) is 12.4 Å². The van der Waals surface area contributed by atoms with E-state index in [1.807, 2.05) is 20.2 Å². The zero-order valence-electron chi connectivity index (χ0n) is 13.6. The summed E-state index contributed by atoms with van der Waals surface area (Å²) in [7, 11) is 4.01. The normalized spacial score (nSPS) is 17.4. The smallest absolute Gasteiger partial charge is 0.315 e. The maximum absolute atomic E-state index is 11.9. The summed E-state index contributed by atoms with van der Waals surface area (Å²) in [6.45, 7) is 4.46. The average Bonchev–Trinajstić information content (AvgIpc) is 2.54. The van der Waals surface area contributed by atoms with Crippen molar-refractivity contribution >= 4 is 12.0 Å². The molecule has 122 valence electrons. The summed E-state index contributed by atoms with van der Waals surface area (Å²) in [5.74, 6) is 0.769. The molecule has 2 heterocycles. The summed E-state index contributed by atoms with van der Waals surface area (Å²) < 4.78 is 0. The zero-order valence-corrected chi connectivity index (χ0v) is 13.6.